The molecule has 2 heterocycles. The first-order valence-corrected chi connectivity index (χ1v) is 12.6. The first kappa shape index (κ1) is 25.6. The molecule has 0 unspecified atom stereocenters. The number of nitrogens with one attached hydrogen (secondary N) is 1. The van der Waals surface area contributed by atoms with E-state index < -0.39 is 23.3 Å². The van der Waals surface area contributed by atoms with E-state index in [2.05, 4.69) is 11.4 Å². The highest BCUT2D eigenvalue weighted by Crippen LogP contribution is 2.33. The van der Waals surface area contributed by atoms with Crippen molar-refractivity contribution < 1.29 is 27.8 Å². The minimum absolute atomic E-state index is 0.196. The van der Waals surface area contributed by atoms with Gasteiger partial charge in [-0.1, -0.05) is 18.2 Å². The number of hydrogen-bond acceptors (Lipinski definition) is 5. The summed E-state index contributed by atoms with van der Waals surface area (Å²) < 4.78 is 38.4. The van der Waals surface area contributed by atoms with Gasteiger partial charge in [0.1, 0.15) is 0 Å². The Morgan fingerprint density at radius 2 is 1.78 bits per heavy atom. The van der Waals surface area contributed by atoms with Crippen LogP contribution in [0.25, 0.3) is 0 Å². The maximum atomic E-state index is 14.6. The normalized spacial score (nSPS) is 13.9. The van der Waals surface area contributed by atoms with Gasteiger partial charge >= 0.3 is 0 Å². The van der Waals surface area contributed by atoms with Crippen molar-refractivity contribution in [3.8, 4) is 11.5 Å². The van der Waals surface area contributed by atoms with E-state index >= 15 is 0 Å². The molecule has 6 nitrogen and oxygen atoms in total. The highest BCUT2D eigenvalue weighted by Gasteiger charge is 2.25. The minimum atomic E-state index is -1.10. The number of benzene rings is 2. The number of halogens is 2. The molecule has 190 valence electrons. The highest BCUT2D eigenvalue weighted by atomic mass is 32.1. The number of aryl methyl sites for hydroxylation is 1. The maximum Gasteiger partial charge on any atom is 0.258 e. The van der Waals surface area contributed by atoms with E-state index in [9.17, 15) is 18.4 Å². The van der Waals surface area contributed by atoms with Gasteiger partial charge in [-0.2, -0.15) is 4.39 Å². The summed E-state index contributed by atoms with van der Waals surface area (Å²) in [6, 6.07) is 12.4. The van der Waals surface area contributed by atoms with Gasteiger partial charge in [0.2, 0.25) is 11.7 Å². The number of anilines is 1. The van der Waals surface area contributed by atoms with Crippen molar-refractivity contribution in [1.82, 2.24) is 4.90 Å². The maximum absolute atomic E-state index is 14.6. The van der Waals surface area contributed by atoms with Gasteiger partial charge in [-0.05, 0) is 60.4 Å². The summed E-state index contributed by atoms with van der Waals surface area (Å²) >= 11 is 1.68. The molecule has 4 rings (SSSR count). The smallest absolute Gasteiger partial charge is 0.258 e. The van der Waals surface area contributed by atoms with Crippen molar-refractivity contribution in [2.24, 2.45) is 0 Å². The molecule has 1 aliphatic heterocycles. The van der Waals surface area contributed by atoms with Crippen molar-refractivity contribution in [3.63, 3.8) is 0 Å². The third-order valence-corrected chi connectivity index (χ3v) is 7.38. The van der Waals surface area contributed by atoms with Gasteiger partial charge in [-0.3, -0.25) is 9.59 Å². The molecule has 36 heavy (non-hydrogen) atoms. The Hall–Kier alpha value is -3.46. The summed E-state index contributed by atoms with van der Waals surface area (Å²) in [5.41, 5.74) is 1.21. The summed E-state index contributed by atoms with van der Waals surface area (Å²) in [6.45, 7) is 1.44. The number of methoxy groups -OCH3 is 2. The van der Waals surface area contributed by atoms with Crippen LogP contribution in [0.15, 0.2) is 47.8 Å². The van der Waals surface area contributed by atoms with E-state index in [0.717, 1.165) is 51.1 Å². The zero-order chi connectivity index (χ0) is 25.7. The molecule has 0 atom stereocenters. The Balaban J connectivity index is 1.33. The van der Waals surface area contributed by atoms with Crippen LogP contribution in [-0.2, 0) is 11.2 Å². The highest BCUT2D eigenvalue weighted by molar-refractivity contribution is 7.09. The van der Waals surface area contributed by atoms with Crippen LogP contribution >= 0.6 is 11.3 Å². The third kappa shape index (κ3) is 5.67. The number of thiophene rings is 1. The number of carbonyl (C=O) groups excluding carboxylic acids is 2. The minimum Gasteiger partial charge on any atom is -0.494 e. The topological polar surface area (TPSA) is 67.9 Å². The second kappa shape index (κ2) is 11.5. The molecule has 2 aromatic carbocycles. The van der Waals surface area contributed by atoms with Crippen molar-refractivity contribution in [2.75, 3.05) is 32.6 Å². The Kier molecular flexibility index (Phi) is 8.20. The fourth-order valence-electron chi connectivity index (χ4n) is 4.42. The van der Waals surface area contributed by atoms with E-state index in [0.29, 0.717) is 18.0 Å². The molecule has 3 aromatic rings. The lowest BCUT2D eigenvalue weighted by Crippen LogP contribution is -2.38. The molecule has 1 fully saturated rings. The molecule has 1 N–H and O–H groups in total. The average molecular weight is 515 g/mol. The van der Waals surface area contributed by atoms with Crippen molar-refractivity contribution >= 4 is 28.8 Å². The van der Waals surface area contributed by atoms with Crippen LogP contribution in [0, 0.1) is 11.6 Å². The van der Waals surface area contributed by atoms with Gasteiger partial charge in [0.25, 0.3) is 5.91 Å². The Bertz CT molecular complexity index is 1210. The van der Waals surface area contributed by atoms with Gasteiger partial charge in [-0.15, -0.1) is 11.3 Å². The zero-order valence-corrected chi connectivity index (χ0v) is 21.0. The van der Waals surface area contributed by atoms with Crippen LogP contribution in [0.2, 0.25) is 0 Å². The lowest BCUT2D eigenvalue weighted by atomic mass is 9.89. The summed E-state index contributed by atoms with van der Waals surface area (Å²) in [7, 11) is 2.34. The number of ether oxygens (including phenoxy) is 2. The molecule has 1 aliphatic rings. The predicted octanol–water partition coefficient (Wildman–Crippen LogP) is 5.63. The second-order valence-electron chi connectivity index (χ2n) is 8.60. The molecule has 2 amide bonds. The van der Waals surface area contributed by atoms with Crippen LogP contribution in [0.3, 0.4) is 0 Å². The molecule has 0 saturated carbocycles. The fourth-order valence-corrected chi connectivity index (χ4v) is 5.13. The lowest BCUT2D eigenvalue weighted by molar-refractivity contribution is -0.132. The zero-order valence-electron chi connectivity index (χ0n) is 20.2. The first-order valence-electron chi connectivity index (χ1n) is 11.7. The van der Waals surface area contributed by atoms with Crippen LogP contribution in [0.1, 0.15) is 46.0 Å². The van der Waals surface area contributed by atoms with E-state index in [-0.39, 0.29) is 17.2 Å². The SMILES string of the molecule is COc1cc(C(=O)Nc2ccc(C3CCN(C(=O)CCc4cccs4)CC3)cc2)c(F)c(OC)c1F. The molecule has 0 bridgehead atoms. The average Bonchev–Trinajstić information content (AvgIpc) is 3.42. The number of amides is 2. The number of carbonyl (C=O) groups is 2. The summed E-state index contributed by atoms with van der Waals surface area (Å²) in [5, 5.41) is 4.66. The number of likely N-dealkylation sites (tertiary alicyclic amines) is 1. The predicted molar refractivity (Wildman–Crippen MR) is 135 cm³/mol. The van der Waals surface area contributed by atoms with Crippen molar-refractivity contribution in [3.05, 3.63) is 75.5 Å². The lowest BCUT2D eigenvalue weighted by Gasteiger charge is -2.32. The monoisotopic (exact) mass is 514 g/mol. The molecular formula is C27H28F2N2O4S. The third-order valence-electron chi connectivity index (χ3n) is 6.45. The molecule has 0 spiro atoms. The van der Waals surface area contributed by atoms with Crippen molar-refractivity contribution in [2.45, 2.75) is 31.6 Å². The molecule has 0 aliphatic carbocycles. The standard InChI is InChI=1S/C27H28F2N2O4S/c1-34-22-16-21(24(28)26(35-2)25(22)29)27(33)30-19-7-5-17(6-8-19)18-11-13-31(14-12-18)23(32)10-9-20-4-3-15-36-20/h3-8,15-16,18H,9-14H2,1-2H3,(H,30,33). The summed E-state index contributed by atoms with van der Waals surface area (Å²) in [6.07, 6.45) is 3.06. The largest absolute Gasteiger partial charge is 0.494 e. The molecule has 1 saturated heterocycles. The summed E-state index contributed by atoms with van der Waals surface area (Å²) in [4.78, 5) is 28.4. The van der Waals surface area contributed by atoms with E-state index in [1.54, 1.807) is 23.5 Å². The molecule has 1 aromatic heterocycles. The summed E-state index contributed by atoms with van der Waals surface area (Å²) in [5.74, 6) is -3.29. The van der Waals surface area contributed by atoms with E-state index in [4.69, 9.17) is 9.47 Å². The quantitative estimate of drug-likeness (QED) is 0.423. The Morgan fingerprint density at radius 1 is 1.06 bits per heavy atom. The van der Waals surface area contributed by atoms with Crippen LogP contribution in [0.4, 0.5) is 14.5 Å². The molecule has 0 radical (unpaired) electrons. The Labute approximate surface area is 212 Å². The van der Waals surface area contributed by atoms with Gasteiger partial charge in [0.05, 0.1) is 19.8 Å². The van der Waals surface area contributed by atoms with E-state index in [1.165, 1.54) is 12.0 Å². The number of piperidine rings is 1. The van der Waals surface area contributed by atoms with Crippen LogP contribution < -0.4 is 14.8 Å². The number of rotatable bonds is 8. The number of nitrogens with zero attached hydrogens (tertiary/aromatic N) is 1. The van der Waals surface area contributed by atoms with E-state index in [1.807, 2.05) is 28.5 Å². The van der Waals surface area contributed by atoms with Gasteiger partial charge < -0.3 is 19.7 Å². The van der Waals surface area contributed by atoms with Gasteiger partial charge in [0.15, 0.2) is 17.3 Å². The second-order valence-corrected chi connectivity index (χ2v) is 9.63. The van der Waals surface area contributed by atoms with Gasteiger partial charge in [0, 0.05) is 30.1 Å². The van der Waals surface area contributed by atoms with Gasteiger partial charge in [-0.25, -0.2) is 4.39 Å². The van der Waals surface area contributed by atoms with Crippen LogP contribution in [-0.4, -0.2) is 44.0 Å². The Morgan fingerprint density at radius 3 is 2.39 bits per heavy atom. The molecular weight excluding hydrogens is 486 g/mol. The number of hydrogen-bond donors (Lipinski definition) is 1. The van der Waals surface area contributed by atoms with Crippen molar-refractivity contribution in [1.29, 1.82) is 0 Å². The first-order chi connectivity index (χ1) is 17.4. The fraction of sp³-hybridized carbons (Fsp3) is 0.333. The molecule has 9 heteroatoms. The van der Waals surface area contributed by atoms with Crippen LogP contribution in [0.5, 0.6) is 11.5 Å².